The molecule has 0 atom stereocenters. The van der Waals surface area contributed by atoms with Crippen molar-refractivity contribution >= 4 is 17.5 Å². The number of hydrogen-bond acceptors (Lipinski definition) is 5. The third-order valence-electron chi connectivity index (χ3n) is 3.19. The topological polar surface area (TPSA) is 70.5 Å². The second kappa shape index (κ2) is 4.90. The molecule has 0 unspecified atom stereocenters. The van der Waals surface area contributed by atoms with Crippen molar-refractivity contribution in [3.63, 3.8) is 0 Å². The maximum atomic E-state index is 6.49. The van der Waals surface area contributed by atoms with Crippen LogP contribution < -0.4 is 15.2 Å². The van der Waals surface area contributed by atoms with E-state index >= 15 is 0 Å². The van der Waals surface area contributed by atoms with E-state index in [0.717, 1.165) is 11.1 Å². The summed E-state index contributed by atoms with van der Waals surface area (Å²) in [7, 11) is 0. The molecule has 6 heteroatoms. The first-order valence-corrected chi connectivity index (χ1v) is 6.80. The number of anilines is 1. The fraction of sp³-hybridized carbons (Fsp3) is 0.357. The van der Waals surface area contributed by atoms with Gasteiger partial charge in [-0.3, -0.25) is 0 Å². The number of nitrogens with two attached hydrogens (primary N) is 1. The van der Waals surface area contributed by atoms with Crippen LogP contribution in [0.1, 0.15) is 25.3 Å². The molecule has 0 bridgehead atoms. The summed E-state index contributed by atoms with van der Waals surface area (Å²) in [5, 5.41) is 4.53. The first-order valence-electron chi connectivity index (χ1n) is 6.42. The highest BCUT2D eigenvalue weighted by Gasteiger charge is 2.25. The number of benzene rings is 1. The van der Waals surface area contributed by atoms with Gasteiger partial charge in [0.2, 0.25) is 5.88 Å². The van der Waals surface area contributed by atoms with Crippen molar-refractivity contribution in [2.45, 2.75) is 19.8 Å². The number of aromatic nitrogens is 1. The average molecular weight is 295 g/mol. The third kappa shape index (κ3) is 2.08. The second-order valence-electron chi connectivity index (χ2n) is 4.95. The molecule has 2 N–H and O–H groups in total. The van der Waals surface area contributed by atoms with Gasteiger partial charge in [0.15, 0.2) is 11.5 Å². The maximum Gasteiger partial charge on any atom is 0.222 e. The molecule has 1 aromatic heterocycles. The van der Waals surface area contributed by atoms with Crippen molar-refractivity contribution in [2.75, 3.05) is 18.9 Å². The molecule has 0 radical (unpaired) electrons. The summed E-state index contributed by atoms with van der Waals surface area (Å²) in [5.74, 6) is 1.69. The molecule has 5 nitrogen and oxygen atoms in total. The number of nitrogen functional groups attached to an aromatic ring is 1. The number of hydrogen-bond donors (Lipinski definition) is 1. The second-order valence-corrected chi connectivity index (χ2v) is 5.32. The molecular formula is C14H15ClN2O3. The Labute approximate surface area is 121 Å². The summed E-state index contributed by atoms with van der Waals surface area (Å²) in [5.41, 5.74) is 8.05. The maximum absolute atomic E-state index is 6.49. The van der Waals surface area contributed by atoms with E-state index in [1.54, 1.807) is 6.07 Å². The summed E-state index contributed by atoms with van der Waals surface area (Å²) in [6, 6.07) is 3.56. The lowest BCUT2D eigenvalue weighted by Gasteiger charge is -2.23. The molecule has 1 aliphatic heterocycles. The fourth-order valence-electron chi connectivity index (χ4n) is 2.35. The molecule has 0 saturated heterocycles. The van der Waals surface area contributed by atoms with Crippen LogP contribution in [-0.4, -0.2) is 18.4 Å². The van der Waals surface area contributed by atoms with Gasteiger partial charge in [-0.2, -0.15) is 0 Å². The Morgan fingerprint density at radius 2 is 2.00 bits per heavy atom. The Hall–Kier alpha value is -1.88. The molecular weight excluding hydrogens is 280 g/mol. The molecule has 0 fully saturated rings. The van der Waals surface area contributed by atoms with Gasteiger partial charge < -0.3 is 19.7 Å². The van der Waals surface area contributed by atoms with Crippen LogP contribution >= 0.6 is 11.6 Å². The predicted molar refractivity (Wildman–Crippen MR) is 76.4 cm³/mol. The first-order chi connectivity index (χ1) is 9.58. The minimum atomic E-state index is 0.200. The zero-order chi connectivity index (χ0) is 14.3. The van der Waals surface area contributed by atoms with Crippen molar-refractivity contribution in [2.24, 2.45) is 0 Å². The van der Waals surface area contributed by atoms with Gasteiger partial charge >= 0.3 is 0 Å². The summed E-state index contributed by atoms with van der Waals surface area (Å²) in [6.07, 6.45) is 0. The van der Waals surface area contributed by atoms with Crippen LogP contribution in [0.15, 0.2) is 16.7 Å². The van der Waals surface area contributed by atoms with Gasteiger partial charge in [-0.1, -0.05) is 30.6 Å². The molecule has 0 spiro atoms. The summed E-state index contributed by atoms with van der Waals surface area (Å²) >= 11 is 6.49. The van der Waals surface area contributed by atoms with E-state index in [2.05, 4.69) is 19.0 Å². The van der Waals surface area contributed by atoms with Gasteiger partial charge in [0.25, 0.3) is 0 Å². The Bertz CT molecular complexity index is 652. The highest BCUT2D eigenvalue weighted by molar-refractivity contribution is 6.33. The van der Waals surface area contributed by atoms with E-state index in [9.17, 15) is 0 Å². The van der Waals surface area contributed by atoms with E-state index < -0.39 is 0 Å². The Morgan fingerprint density at radius 3 is 2.65 bits per heavy atom. The van der Waals surface area contributed by atoms with Crippen LogP contribution in [0.25, 0.3) is 11.3 Å². The zero-order valence-electron chi connectivity index (χ0n) is 11.3. The first kappa shape index (κ1) is 13.1. The van der Waals surface area contributed by atoms with Crippen molar-refractivity contribution in [1.29, 1.82) is 0 Å². The van der Waals surface area contributed by atoms with E-state index in [4.69, 9.17) is 31.3 Å². The van der Waals surface area contributed by atoms with Crippen molar-refractivity contribution < 1.29 is 14.0 Å². The molecule has 2 heterocycles. The third-order valence-corrected chi connectivity index (χ3v) is 3.57. The number of nitrogens with zero attached hydrogens (tertiary/aromatic N) is 1. The minimum Gasteiger partial charge on any atom is -0.486 e. The van der Waals surface area contributed by atoms with Crippen molar-refractivity contribution in [3.05, 3.63) is 22.7 Å². The largest absolute Gasteiger partial charge is 0.486 e. The smallest absolute Gasteiger partial charge is 0.222 e. The normalized spacial score (nSPS) is 13.8. The van der Waals surface area contributed by atoms with Gasteiger partial charge in [-0.05, 0) is 17.5 Å². The molecule has 20 heavy (non-hydrogen) atoms. The van der Waals surface area contributed by atoms with Crippen LogP contribution in [0.5, 0.6) is 11.5 Å². The standard InChI is InChI=1S/C14H15ClN2O3/c1-7(2)12-8(9-6-11(16)20-17-9)5-10-14(13(12)15)19-4-3-18-10/h5-7H,3-4,16H2,1-2H3. The van der Waals surface area contributed by atoms with Gasteiger partial charge in [-0.15, -0.1) is 0 Å². The minimum absolute atomic E-state index is 0.200. The Balaban J connectivity index is 2.24. The lowest BCUT2D eigenvalue weighted by atomic mass is 9.94. The summed E-state index contributed by atoms with van der Waals surface area (Å²) in [6.45, 7) is 5.12. The van der Waals surface area contributed by atoms with Gasteiger partial charge in [-0.25, -0.2) is 0 Å². The lowest BCUT2D eigenvalue weighted by molar-refractivity contribution is 0.171. The predicted octanol–water partition coefficient (Wildman–Crippen LogP) is 3.47. The van der Waals surface area contributed by atoms with Crippen LogP contribution in [0, 0.1) is 0 Å². The molecule has 0 saturated carbocycles. The Kier molecular flexibility index (Phi) is 3.22. The number of ether oxygens (including phenoxy) is 2. The SMILES string of the molecule is CC(C)c1c(-c2cc(N)on2)cc2c(c1Cl)OCCO2. The van der Waals surface area contributed by atoms with E-state index in [-0.39, 0.29) is 11.8 Å². The van der Waals surface area contributed by atoms with Gasteiger partial charge in [0.1, 0.15) is 18.9 Å². The molecule has 2 aromatic rings. The average Bonchev–Trinajstić information content (AvgIpc) is 2.84. The molecule has 0 amide bonds. The molecule has 106 valence electrons. The summed E-state index contributed by atoms with van der Waals surface area (Å²) < 4.78 is 16.2. The Morgan fingerprint density at radius 1 is 1.25 bits per heavy atom. The van der Waals surface area contributed by atoms with Crippen LogP contribution in [0.4, 0.5) is 5.88 Å². The van der Waals surface area contributed by atoms with E-state index in [1.807, 2.05) is 6.07 Å². The van der Waals surface area contributed by atoms with E-state index in [1.165, 1.54) is 0 Å². The number of halogens is 1. The van der Waals surface area contributed by atoms with Gasteiger partial charge in [0.05, 0.1) is 5.02 Å². The highest BCUT2D eigenvalue weighted by Crippen LogP contribution is 2.46. The van der Waals surface area contributed by atoms with Crippen molar-refractivity contribution in [1.82, 2.24) is 5.16 Å². The van der Waals surface area contributed by atoms with Crippen LogP contribution in [-0.2, 0) is 0 Å². The van der Waals surface area contributed by atoms with E-state index in [0.29, 0.717) is 35.4 Å². The molecule has 1 aromatic carbocycles. The quantitative estimate of drug-likeness (QED) is 0.918. The highest BCUT2D eigenvalue weighted by atomic mass is 35.5. The van der Waals surface area contributed by atoms with Crippen LogP contribution in [0.2, 0.25) is 5.02 Å². The summed E-state index contributed by atoms with van der Waals surface area (Å²) in [4.78, 5) is 0. The lowest BCUT2D eigenvalue weighted by Crippen LogP contribution is -2.16. The number of rotatable bonds is 2. The zero-order valence-corrected chi connectivity index (χ0v) is 12.0. The molecule has 0 aliphatic carbocycles. The van der Waals surface area contributed by atoms with Crippen molar-refractivity contribution in [3.8, 4) is 22.8 Å². The molecule has 1 aliphatic rings. The van der Waals surface area contributed by atoms with Gasteiger partial charge in [0, 0.05) is 11.6 Å². The number of fused-ring (bicyclic) bond motifs is 1. The monoisotopic (exact) mass is 294 g/mol. The van der Waals surface area contributed by atoms with Crippen LogP contribution in [0.3, 0.4) is 0 Å². The molecule has 3 rings (SSSR count). The fourth-order valence-corrected chi connectivity index (χ4v) is 2.82.